The number of halogens is 1. The molecule has 136 valence electrons. The van der Waals surface area contributed by atoms with E-state index in [0.717, 1.165) is 5.56 Å². The van der Waals surface area contributed by atoms with E-state index in [-0.39, 0.29) is 29.8 Å². The van der Waals surface area contributed by atoms with Gasteiger partial charge in [-0.05, 0) is 48.9 Å². The lowest BCUT2D eigenvalue weighted by atomic mass is 10.1. The average Bonchev–Trinajstić information content (AvgIpc) is 2.62. The highest BCUT2D eigenvalue weighted by molar-refractivity contribution is 7.89. The van der Waals surface area contributed by atoms with Gasteiger partial charge in [0.1, 0.15) is 0 Å². The van der Waals surface area contributed by atoms with E-state index in [2.05, 4.69) is 10.0 Å². The Kier molecular flexibility index (Phi) is 6.75. The van der Waals surface area contributed by atoms with Crippen molar-refractivity contribution in [1.82, 2.24) is 10.0 Å². The Morgan fingerprint density at radius 1 is 1.15 bits per heavy atom. The summed E-state index contributed by atoms with van der Waals surface area (Å²) in [6.07, 6.45) is 0.0856. The van der Waals surface area contributed by atoms with Crippen LogP contribution in [0.1, 0.15) is 35.3 Å². The molecule has 1 atom stereocenters. The molecular formula is C18H18ClN3O3S. The molecule has 2 rings (SSSR count). The second-order valence-electron chi connectivity index (χ2n) is 5.58. The average molecular weight is 392 g/mol. The first kappa shape index (κ1) is 19.9. The summed E-state index contributed by atoms with van der Waals surface area (Å²) in [5.74, 6) is -0.311. The van der Waals surface area contributed by atoms with Crippen LogP contribution in [0.15, 0.2) is 53.4 Å². The molecule has 26 heavy (non-hydrogen) atoms. The Bertz CT molecular complexity index is 904. The number of nitriles is 1. The van der Waals surface area contributed by atoms with Gasteiger partial charge in [0.25, 0.3) is 5.91 Å². The summed E-state index contributed by atoms with van der Waals surface area (Å²) < 4.78 is 26.4. The maximum atomic E-state index is 12.3. The molecule has 2 aromatic carbocycles. The first-order chi connectivity index (χ1) is 12.3. The number of hydrogen-bond donors (Lipinski definition) is 2. The van der Waals surface area contributed by atoms with Crippen molar-refractivity contribution in [3.8, 4) is 6.07 Å². The molecule has 8 heteroatoms. The maximum Gasteiger partial charge on any atom is 0.251 e. The zero-order chi connectivity index (χ0) is 19.2. The molecule has 0 radical (unpaired) electrons. The first-order valence-corrected chi connectivity index (χ1v) is 9.72. The summed E-state index contributed by atoms with van der Waals surface area (Å²) in [6.45, 7) is 1.89. The second kappa shape index (κ2) is 8.81. The van der Waals surface area contributed by atoms with Crippen LogP contribution in [0.2, 0.25) is 5.02 Å². The number of nitrogens with zero attached hydrogens (tertiary/aromatic N) is 1. The summed E-state index contributed by atoms with van der Waals surface area (Å²) in [6, 6.07) is 14.4. The molecule has 0 saturated carbocycles. The van der Waals surface area contributed by atoms with Gasteiger partial charge in [-0.15, -0.1) is 0 Å². The first-order valence-electron chi connectivity index (χ1n) is 7.86. The highest BCUT2D eigenvalue weighted by Crippen LogP contribution is 2.17. The van der Waals surface area contributed by atoms with Crippen LogP contribution in [0.3, 0.4) is 0 Å². The lowest BCUT2D eigenvalue weighted by molar-refractivity contribution is 0.0940. The molecule has 0 fully saturated rings. The number of nitrogens with one attached hydrogen (secondary N) is 2. The number of carbonyl (C=O) groups excluding carboxylic acids is 1. The fourth-order valence-corrected chi connectivity index (χ4v) is 3.38. The molecule has 0 unspecified atom stereocenters. The fourth-order valence-electron chi connectivity index (χ4n) is 2.22. The van der Waals surface area contributed by atoms with Crippen LogP contribution in [0.4, 0.5) is 0 Å². The van der Waals surface area contributed by atoms with E-state index in [1.165, 1.54) is 24.3 Å². The zero-order valence-electron chi connectivity index (χ0n) is 14.1. The van der Waals surface area contributed by atoms with Crippen LogP contribution in [0, 0.1) is 11.3 Å². The minimum Gasteiger partial charge on any atom is -0.346 e. The summed E-state index contributed by atoms with van der Waals surface area (Å²) >= 11 is 5.85. The van der Waals surface area contributed by atoms with Crippen molar-refractivity contribution in [2.75, 3.05) is 6.54 Å². The molecule has 0 saturated heterocycles. The van der Waals surface area contributed by atoms with Crippen LogP contribution >= 0.6 is 11.6 Å². The predicted molar refractivity (Wildman–Crippen MR) is 99.2 cm³/mol. The minimum absolute atomic E-state index is 0.0396. The summed E-state index contributed by atoms with van der Waals surface area (Å²) in [5, 5.41) is 11.9. The van der Waals surface area contributed by atoms with Gasteiger partial charge in [-0.25, -0.2) is 13.1 Å². The van der Waals surface area contributed by atoms with E-state index in [9.17, 15) is 13.2 Å². The molecule has 0 heterocycles. The van der Waals surface area contributed by atoms with Crippen molar-refractivity contribution in [1.29, 1.82) is 5.26 Å². The van der Waals surface area contributed by atoms with Gasteiger partial charge in [0.15, 0.2) is 0 Å². The Morgan fingerprint density at radius 3 is 2.35 bits per heavy atom. The summed E-state index contributed by atoms with van der Waals surface area (Å²) in [4.78, 5) is 12.4. The van der Waals surface area contributed by atoms with Crippen molar-refractivity contribution in [2.45, 2.75) is 24.3 Å². The normalized spacial score (nSPS) is 12.2. The number of amides is 1. The standard InChI is InChI=1S/C18H18ClN3O3S/c1-13(14-3-7-16(19)8-4-14)22-18(23)15-5-9-17(10-6-15)26(24,25)21-12-2-11-20/h3-10,13,21H,2,12H2,1H3,(H,22,23)/t13-/m0/s1. The summed E-state index contributed by atoms with van der Waals surface area (Å²) in [5.41, 5.74) is 1.26. The van der Waals surface area contributed by atoms with Crippen LogP contribution in [0.5, 0.6) is 0 Å². The van der Waals surface area contributed by atoms with Gasteiger partial charge in [-0.2, -0.15) is 5.26 Å². The molecule has 2 N–H and O–H groups in total. The quantitative estimate of drug-likeness (QED) is 0.708. The van der Waals surface area contributed by atoms with Gasteiger partial charge < -0.3 is 5.32 Å². The molecule has 0 spiro atoms. The Labute approximate surface area is 157 Å². The van der Waals surface area contributed by atoms with Crippen LogP contribution < -0.4 is 10.0 Å². The van der Waals surface area contributed by atoms with Gasteiger partial charge >= 0.3 is 0 Å². The Morgan fingerprint density at radius 2 is 1.77 bits per heavy atom. The molecule has 2 aromatic rings. The van der Waals surface area contributed by atoms with E-state index in [1.54, 1.807) is 12.1 Å². The largest absolute Gasteiger partial charge is 0.346 e. The molecule has 0 aliphatic heterocycles. The third-order valence-electron chi connectivity index (χ3n) is 3.67. The molecule has 0 aliphatic rings. The number of sulfonamides is 1. The zero-order valence-corrected chi connectivity index (χ0v) is 15.6. The van der Waals surface area contributed by atoms with Crippen LogP contribution in [-0.2, 0) is 10.0 Å². The van der Waals surface area contributed by atoms with Crippen molar-refractivity contribution >= 4 is 27.5 Å². The van der Waals surface area contributed by atoms with Gasteiger partial charge in [0, 0.05) is 23.6 Å². The monoisotopic (exact) mass is 391 g/mol. The smallest absolute Gasteiger partial charge is 0.251 e. The van der Waals surface area contributed by atoms with Crippen molar-refractivity contribution in [3.05, 3.63) is 64.7 Å². The van der Waals surface area contributed by atoms with Crippen LogP contribution in [-0.4, -0.2) is 20.9 Å². The van der Waals surface area contributed by atoms with E-state index < -0.39 is 10.0 Å². The van der Waals surface area contributed by atoms with E-state index in [1.807, 2.05) is 25.1 Å². The SMILES string of the molecule is C[C@H](NC(=O)c1ccc(S(=O)(=O)NCCC#N)cc1)c1ccc(Cl)cc1. The highest BCUT2D eigenvalue weighted by Gasteiger charge is 2.15. The Hall–Kier alpha value is -2.40. The van der Waals surface area contributed by atoms with Gasteiger partial charge in [-0.1, -0.05) is 23.7 Å². The van der Waals surface area contributed by atoms with E-state index >= 15 is 0 Å². The van der Waals surface area contributed by atoms with Crippen LogP contribution in [0.25, 0.3) is 0 Å². The Balaban J connectivity index is 2.04. The summed E-state index contributed by atoms with van der Waals surface area (Å²) in [7, 11) is -3.69. The van der Waals surface area contributed by atoms with Crippen molar-refractivity contribution in [3.63, 3.8) is 0 Å². The second-order valence-corrected chi connectivity index (χ2v) is 7.78. The predicted octanol–water partition coefficient (Wildman–Crippen LogP) is 3.02. The fraction of sp³-hybridized carbons (Fsp3) is 0.222. The molecule has 0 aliphatic carbocycles. The maximum absolute atomic E-state index is 12.3. The van der Waals surface area contributed by atoms with Gasteiger partial charge in [-0.3, -0.25) is 4.79 Å². The number of benzene rings is 2. The topological polar surface area (TPSA) is 99.1 Å². The molecule has 0 aromatic heterocycles. The molecule has 1 amide bonds. The number of hydrogen-bond acceptors (Lipinski definition) is 4. The van der Waals surface area contributed by atoms with Crippen molar-refractivity contribution < 1.29 is 13.2 Å². The molecule has 0 bridgehead atoms. The van der Waals surface area contributed by atoms with Gasteiger partial charge in [0.2, 0.25) is 10.0 Å². The number of carbonyl (C=O) groups is 1. The molecule has 6 nitrogen and oxygen atoms in total. The third-order valence-corrected chi connectivity index (χ3v) is 5.40. The van der Waals surface area contributed by atoms with E-state index in [0.29, 0.717) is 10.6 Å². The van der Waals surface area contributed by atoms with Gasteiger partial charge in [0.05, 0.1) is 17.0 Å². The molecular weight excluding hydrogens is 374 g/mol. The highest BCUT2D eigenvalue weighted by atomic mass is 35.5. The van der Waals surface area contributed by atoms with Crippen molar-refractivity contribution in [2.24, 2.45) is 0 Å². The lowest BCUT2D eigenvalue weighted by Crippen LogP contribution is -2.27. The van der Waals surface area contributed by atoms with E-state index in [4.69, 9.17) is 16.9 Å². The minimum atomic E-state index is -3.69. The third kappa shape index (κ3) is 5.30. The number of rotatable bonds is 7. The lowest BCUT2D eigenvalue weighted by Gasteiger charge is -2.14.